The maximum Gasteiger partial charge on any atom is 1.00 e. The second-order valence-corrected chi connectivity index (χ2v) is 20.3. The maximum absolute atomic E-state index is 14.2. The summed E-state index contributed by atoms with van der Waals surface area (Å²) >= 11 is 0. The molecule has 4 N–H and O–H groups in total. The van der Waals surface area contributed by atoms with E-state index in [4.69, 9.17) is 4.74 Å². The molecule has 4 heterocycles. The molecule has 4 fully saturated rings. The summed E-state index contributed by atoms with van der Waals surface area (Å²) in [4.78, 5) is 62.1. The summed E-state index contributed by atoms with van der Waals surface area (Å²) in [6.07, 6.45) is 7.34. The third kappa shape index (κ3) is 14.2. The SMILES string of the molecule is COC(=O)[C@@H]1C[C@H](N2CCC[C@@H](c3ccccc3)C2)CCN1C(=O)C(c1ccccc1)c1ccccc1.O.O=C(O)[C@@H]1C[C@H](N2CCC[C@@H](c3ccccc3)C2)CCN1C(=O)C(c1ccccc1)c1ccccc1.[Li+].[OH-]. The Kier molecular flexibility index (Phi) is 22.2. The number of piperidine rings is 4. The van der Waals surface area contributed by atoms with Gasteiger partial charge in [0.1, 0.15) is 12.1 Å². The Morgan fingerprint density at radius 1 is 0.474 bits per heavy atom. The van der Waals surface area contributed by atoms with Crippen LogP contribution in [0.2, 0.25) is 0 Å². The molecule has 0 radical (unpaired) electrons. The van der Waals surface area contributed by atoms with E-state index in [9.17, 15) is 24.3 Å². The fourth-order valence-corrected chi connectivity index (χ4v) is 12.2. The minimum absolute atomic E-state index is 0. The predicted octanol–water partition coefficient (Wildman–Crippen LogP) is 6.38. The van der Waals surface area contributed by atoms with Crippen molar-refractivity contribution in [1.29, 1.82) is 0 Å². The largest absolute Gasteiger partial charge is 1.00 e. The molecule has 6 aromatic rings. The Morgan fingerprint density at radius 2 is 0.789 bits per heavy atom. The predicted molar refractivity (Wildman–Crippen MR) is 292 cm³/mol. The molecule has 6 aromatic carbocycles. The number of carbonyl (C=O) groups is 4. The first-order chi connectivity index (χ1) is 35.8. The van der Waals surface area contributed by atoms with E-state index in [1.165, 1.54) is 24.7 Å². The molecule has 10 rings (SSSR count). The maximum atomic E-state index is 14.2. The number of amides is 2. The number of ether oxygens (including phenoxy) is 1. The Morgan fingerprint density at radius 3 is 1.12 bits per heavy atom. The van der Waals surface area contributed by atoms with Crippen molar-refractivity contribution in [2.75, 3.05) is 46.4 Å². The van der Waals surface area contributed by atoms with Crippen LogP contribution in [0.4, 0.5) is 0 Å². The summed E-state index contributed by atoms with van der Waals surface area (Å²) in [6.45, 7) is 4.98. The number of carboxylic acids is 1. The van der Waals surface area contributed by atoms with Crippen LogP contribution in [0.3, 0.4) is 0 Å². The third-order valence-corrected chi connectivity index (χ3v) is 16.0. The standard InChI is InChI=1S/C32H36N2O3.C31H34N2O3.Li.2H2O/c1-37-32(36)29-22-28(33-20-11-18-27(23-33)24-12-5-2-6-13-24)19-21-34(29)31(35)30(25-14-7-3-8-15-25)26-16-9-4-10-17-26;34-30(29(24-13-6-2-7-14-24)25-15-8-3-9-16-25)33-20-18-27(21-28(33)31(35)36)32-19-10-17-26(22-32)23-11-4-1-5-12-23;;;/h2-10,12-17,27-30H,11,18-23H2,1H3;1-9,11-16,26-29H,10,17-22H2,(H,35,36);;2*1H2/q;;+1;;/p-1/t27-,28-,29+;26-,27-,28+;;;/m11.../s1. The van der Waals surface area contributed by atoms with Gasteiger partial charge in [0.05, 0.1) is 18.9 Å². The Balaban J connectivity index is 0.000000237. The zero-order chi connectivity index (χ0) is 50.5. The van der Waals surface area contributed by atoms with E-state index in [2.05, 4.69) is 64.4 Å². The molecular weight excluding hydrogens is 948 g/mol. The molecule has 13 heteroatoms. The molecule has 0 spiro atoms. The van der Waals surface area contributed by atoms with Crippen LogP contribution >= 0.6 is 0 Å². The number of likely N-dealkylation sites (tertiary alicyclic amines) is 4. The molecule has 6 atom stereocenters. The molecular formula is C63H73LiN4O8. The Hall–Kier alpha value is -6.36. The zero-order valence-corrected chi connectivity index (χ0v) is 44.1. The number of rotatable bonds is 12. The number of nitrogens with zero attached hydrogens (tertiary/aromatic N) is 4. The average Bonchev–Trinajstić information content (AvgIpc) is 3.47. The number of methoxy groups -OCH3 is 1. The Labute approximate surface area is 460 Å². The van der Waals surface area contributed by atoms with Gasteiger partial charge in [-0.05, 0) is 110 Å². The molecule has 394 valence electrons. The van der Waals surface area contributed by atoms with Crippen molar-refractivity contribution < 1.29 is 58.8 Å². The van der Waals surface area contributed by atoms with Gasteiger partial charge in [0.2, 0.25) is 11.8 Å². The fourth-order valence-electron chi connectivity index (χ4n) is 12.2. The van der Waals surface area contributed by atoms with Crippen LogP contribution in [0.1, 0.15) is 108 Å². The van der Waals surface area contributed by atoms with Crippen molar-refractivity contribution in [3.05, 3.63) is 215 Å². The van der Waals surface area contributed by atoms with Crippen molar-refractivity contribution in [3.8, 4) is 0 Å². The van der Waals surface area contributed by atoms with Crippen LogP contribution in [0.5, 0.6) is 0 Å². The van der Waals surface area contributed by atoms with Crippen molar-refractivity contribution in [2.24, 2.45) is 0 Å². The third-order valence-electron chi connectivity index (χ3n) is 16.0. The molecule has 0 saturated carbocycles. The summed E-state index contributed by atoms with van der Waals surface area (Å²) in [6, 6.07) is 59.5. The minimum Gasteiger partial charge on any atom is -0.870 e. The van der Waals surface area contributed by atoms with Crippen molar-refractivity contribution in [3.63, 3.8) is 0 Å². The van der Waals surface area contributed by atoms with Gasteiger partial charge in [-0.3, -0.25) is 19.4 Å². The van der Waals surface area contributed by atoms with Crippen LogP contribution in [0.15, 0.2) is 182 Å². The van der Waals surface area contributed by atoms with Crippen molar-refractivity contribution in [1.82, 2.24) is 19.6 Å². The van der Waals surface area contributed by atoms with Gasteiger partial charge in [-0.15, -0.1) is 0 Å². The second-order valence-electron chi connectivity index (χ2n) is 20.3. The number of hydrogen-bond acceptors (Lipinski definition) is 8. The van der Waals surface area contributed by atoms with E-state index in [0.29, 0.717) is 37.8 Å². The molecule has 0 aliphatic carbocycles. The first-order valence-electron chi connectivity index (χ1n) is 26.5. The molecule has 76 heavy (non-hydrogen) atoms. The van der Waals surface area contributed by atoms with Gasteiger partial charge in [0, 0.05) is 38.3 Å². The summed E-state index contributed by atoms with van der Waals surface area (Å²) in [5.74, 6) is -1.38. The van der Waals surface area contributed by atoms with E-state index in [-0.39, 0.29) is 59.7 Å². The molecule has 2 amide bonds. The van der Waals surface area contributed by atoms with E-state index in [1.807, 2.05) is 127 Å². The molecule has 4 aliphatic rings. The quantitative estimate of drug-likeness (QED) is 0.108. The number of hydrogen-bond donors (Lipinski definition) is 1. The first kappa shape index (κ1) is 58.9. The summed E-state index contributed by atoms with van der Waals surface area (Å²) in [5.41, 5.74) is 6.40. The van der Waals surface area contributed by atoms with Crippen LogP contribution in [-0.4, -0.2) is 130 Å². The summed E-state index contributed by atoms with van der Waals surface area (Å²) in [7, 11) is 1.42. The monoisotopic (exact) mass is 1020 g/mol. The van der Waals surface area contributed by atoms with Gasteiger partial charge >= 0.3 is 30.8 Å². The number of carboxylic acid groups (broad SMARTS) is 1. The molecule has 0 aromatic heterocycles. The summed E-state index contributed by atoms with van der Waals surface area (Å²) in [5, 5.41) is 10.2. The zero-order valence-electron chi connectivity index (χ0n) is 44.1. The fraction of sp³-hybridized carbons (Fsp3) is 0.365. The number of carbonyl (C=O) groups excluding carboxylic acids is 3. The van der Waals surface area contributed by atoms with Gasteiger partial charge in [0.25, 0.3) is 0 Å². The van der Waals surface area contributed by atoms with Gasteiger partial charge in [-0.25, -0.2) is 9.59 Å². The molecule has 0 bridgehead atoms. The first-order valence-corrected chi connectivity index (χ1v) is 26.5. The molecule has 0 unspecified atom stereocenters. The average molecular weight is 1020 g/mol. The number of esters is 1. The topological polar surface area (TPSA) is 172 Å². The van der Waals surface area contributed by atoms with Crippen LogP contribution in [0.25, 0.3) is 0 Å². The van der Waals surface area contributed by atoms with E-state index < -0.39 is 29.9 Å². The summed E-state index contributed by atoms with van der Waals surface area (Å²) < 4.78 is 5.24. The van der Waals surface area contributed by atoms with E-state index >= 15 is 0 Å². The van der Waals surface area contributed by atoms with Crippen LogP contribution in [-0.2, 0) is 23.9 Å². The molecule has 12 nitrogen and oxygen atoms in total. The van der Waals surface area contributed by atoms with E-state index in [1.54, 1.807) is 9.80 Å². The molecule has 4 aliphatic heterocycles. The van der Waals surface area contributed by atoms with Gasteiger partial charge in [-0.2, -0.15) is 0 Å². The second kappa shape index (κ2) is 28.7. The molecule has 4 saturated heterocycles. The van der Waals surface area contributed by atoms with Crippen molar-refractivity contribution >= 4 is 23.8 Å². The van der Waals surface area contributed by atoms with Gasteiger partial charge < -0.3 is 30.6 Å². The van der Waals surface area contributed by atoms with E-state index in [0.717, 1.165) is 80.5 Å². The Bertz CT molecular complexity index is 2630. The normalized spacial score (nSPS) is 21.8. The van der Waals surface area contributed by atoms with Crippen LogP contribution < -0.4 is 18.9 Å². The smallest absolute Gasteiger partial charge is 0.870 e. The number of benzene rings is 6. The minimum atomic E-state index is -0.912. The van der Waals surface area contributed by atoms with Gasteiger partial charge in [0.15, 0.2) is 0 Å². The van der Waals surface area contributed by atoms with Gasteiger partial charge in [-0.1, -0.05) is 182 Å². The number of aliphatic carboxylic acids is 1. The van der Waals surface area contributed by atoms with Crippen molar-refractivity contribution in [2.45, 2.75) is 99.2 Å². The van der Waals surface area contributed by atoms with Crippen LogP contribution in [0, 0.1) is 0 Å².